The van der Waals surface area contributed by atoms with Crippen molar-refractivity contribution < 1.29 is 17.3 Å². The van der Waals surface area contributed by atoms with Crippen LogP contribution in [0.2, 0.25) is 0 Å². The summed E-state index contributed by atoms with van der Waals surface area (Å²) in [6.07, 6.45) is 0. The molecule has 26 heavy (non-hydrogen) atoms. The lowest BCUT2D eigenvalue weighted by atomic mass is 9.99. The third-order valence-electron chi connectivity index (χ3n) is 4.16. The molecule has 1 unspecified atom stereocenters. The van der Waals surface area contributed by atoms with Crippen LogP contribution in [-0.2, 0) is 10.3 Å². The molecule has 0 radical (unpaired) electrons. The molecule has 3 aromatic rings. The third-order valence-corrected chi connectivity index (χ3v) is 5.20. The van der Waals surface area contributed by atoms with E-state index in [0.29, 0.717) is 5.75 Å². The highest BCUT2D eigenvalue weighted by atomic mass is 32.2. The Labute approximate surface area is 152 Å². The Morgan fingerprint density at radius 3 is 2.27 bits per heavy atom. The normalized spacial score (nSPS) is 17.8. The fraction of sp³-hybridized carbons (Fsp3) is 0.100. The first-order valence-electron chi connectivity index (χ1n) is 8.19. The molecule has 6 heteroatoms. The predicted molar refractivity (Wildman–Crippen MR) is 99.5 cm³/mol. The Morgan fingerprint density at radius 2 is 1.54 bits per heavy atom. The SMILES string of the molecule is CC1NS(=O)(=O)Oc2ccc(-c3ccc(Oc4ccccc4)cc3)cc21. The third kappa shape index (κ3) is 3.42. The summed E-state index contributed by atoms with van der Waals surface area (Å²) in [7, 11) is -3.72. The number of hydrogen-bond donors (Lipinski definition) is 1. The molecule has 1 N–H and O–H groups in total. The Morgan fingerprint density at radius 1 is 0.885 bits per heavy atom. The highest BCUT2D eigenvalue weighted by Crippen LogP contribution is 2.35. The largest absolute Gasteiger partial charge is 0.457 e. The van der Waals surface area contributed by atoms with Gasteiger partial charge in [0.25, 0.3) is 0 Å². The van der Waals surface area contributed by atoms with E-state index >= 15 is 0 Å². The van der Waals surface area contributed by atoms with Gasteiger partial charge in [-0.05, 0) is 54.4 Å². The Kier molecular flexibility index (Phi) is 4.14. The quantitative estimate of drug-likeness (QED) is 0.744. The van der Waals surface area contributed by atoms with Crippen LogP contribution in [0.1, 0.15) is 18.5 Å². The molecule has 0 saturated heterocycles. The lowest BCUT2D eigenvalue weighted by molar-refractivity contribution is 0.436. The highest BCUT2D eigenvalue weighted by molar-refractivity contribution is 7.85. The Bertz CT molecular complexity index is 1030. The van der Waals surface area contributed by atoms with E-state index in [0.717, 1.165) is 28.2 Å². The zero-order chi connectivity index (χ0) is 18.1. The molecule has 0 amide bonds. The number of hydrogen-bond acceptors (Lipinski definition) is 4. The molecule has 1 heterocycles. The van der Waals surface area contributed by atoms with Crippen LogP contribution in [-0.4, -0.2) is 8.42 Å². The molecule has 3 aromatic carbocycles. The van der Waals surface area contributed by atoms with E-state index in [1.807, 2.05) is 66.7 Å². The maximum atomic E-state index is 11.6. The Balaban J connectivity index is 1.59. The number of nitrogens with one attached hydrogen (secondary N) is 1. The summed E-state index contributed by atoms with van der Waals surface area (Å²) in [5, 5.41) is 0. The first-order valence-corrected chi connectivity index (χ1v) is 9.60. The summed E-state index contributed by atoms with van der Waals surface area (Å²) in [5.41, 5.74) is 2.79. The number of rotatable bonds is 3. The van der Waals surface area contributed by atoms with Gasteiger partial charge in [-0.25, -0.2) is 0 Å². The van der Waals surface area contributed by atoms with Crippen molar-refractivity contribution in [2.75, 3.05) is 0 Å². The van der Waals surface area contributed by atoms with Crippen molar-refractivity contribution >= 4 is 10.3 Å². The molecule has 0 saturated carbocycles. The lowest BCUT2D eigenvalue weighted by Crippen LogP contribution is -2.35. The zero-order valence-corrected chi connectivity index (χ0v) is 14.9. The average molecular weight is 367 g/mol. The first-order chi connectivity index (χ1) is 12.5. The number of benzene rings is 3. The topological polar surface area (TPSA) is 64.6 Å². The summed E-state index contributed by atoms with van der Waals surface area (Å²) in [6.45, 7) is 1.79. The second-order valence-corrected chi connectivity index (χ2v) is 7.38. The van der Waals surface area contributed by atoms with Crippen molar-refractivity contribution in [1.82, 2.24) is 4.72 Å². The van der Waals surface area contributed by atoms with Crippen molar-refractivity contribution in [2.45, 2.75) is 13.0 Å². The van der Waals surface area contributed by atoms with E-state index in [9.17, 15) is 8.42 Å². The van der Waals surface area contributed by atoms with Crippen LogP contribution in [0.4, 0.5) is 0 Å². The van der Waals surface area contributed by atoms with Gasteiger partial charge in [-0.3, -0.25) is 0 Å². The van der Waals surface area contributed by atoms with E-state index in [-0.39, 0.29) is 6.04 Å². The van der Waals surface area contributed by atoms with E-state index in [1.54, 1.807) is 13.0 Å². The molecule has 0 spiro atoms. The molecule has 0 bridgehead atoms. The maximum absolute atomic E-state index is 11.6. The molecule has 0 fully saturated rings. The second-order valence-electron chi connectivity index (χ2n) is 6.07. The van der Waals surface area contributed by atoms with E-state index in [4.69, 9.17) is 8.92 Å². The minimum absolute atomic E-state index is 0.343. The van der Waals surface area contributed by atoms with Gasteiger partial charge in [0.15, 0.2) is 0 Å². The highest BCUT2D eigenvalue weighted by Gasteiger charge is 2.27. The van der Waals surface area contributed by atoms with Crippen LogP contribution >= 0.6 is 0 Å². The predicted octanol–water partition coefficient (Wildman–Crippen LogP) is 4.43. The fourth-order valence-corrected chi connectivity index (χ4v) is 3.90. The van der Waals surface area contributed by atoms with E-state index in [2.05, 4.69) is 4.72 Å². The molecular weight excluding hydrogens is 350 g/mol. The van der Waals surface area contributed by atoms with Gasteiger partial charge in [-0.2, -0.15) is 13.1 Å². The molecule has 1 aliphatic rings. The van der Waals surface area contributed by atoms with Gasteiger partial charge in [-0.1, -0.05) is 36.4 Å². The summed E-state index contributed by atoms with van der Waals surface area (Å²) >= 11 is 0. The number of fused-ring (bicyclic) bond motifs is 1. The van der Waals surface area contributed by atoms with Gasteiger partial charge in [-0.15, -0.1) is 0 Å². The average Bonchev–Trinajstić information content (AvgIpc) is 2.62. The van der Waals surface area contributed by atoms with Gasteiger partial charge in [0.2, 0.25) is 0 Å². The standard InChI is InChI=1S/C20H17NO4S/c1-14-19-13-16(9-12-20(19)25-26(22,23)21-14)15-7-10-18(11-8-15)24-17-5-3-2-4-6-17/h2-14,21H,1H3. The summed E-state index contributed by atoms with van der Waals surface area (Å²) < 4.78 is 36.5. The van der Waals surface area contributed by atoms with Gasteiger partial charge in [0, 0.05) is 5.56 Å². The Hall–Kier alpha value is -2.83. The first kappa shape index (κ1) is 16.6. The molecule has 4 rings (SSSR count). The molecule has 1 aliphatic heterocycles. The van der Waals surface area contributed by atoms with Crippen LogP contribution < -0.4 is 13.6 Å². The van der Waals surface area contributed by atoms with Crippen LogP contribution in [0.15, 0.2) is 72.8 Å². The van der Waals surface area contributed by atoms with Crippen molar-refractivity contribution in [1.29, 1.82) is 0 Å². The van der Waals surface area contributed by atoms with Crippen LogP contribution in [0.5, 0.6) is 17.2 Å². The summed E-state index contributed by atoms with van der Waals surface area (Å²) in [4.78, 5) is 0. The molecular formula is C20H17NO4S. The van der Waals surface area contributed by atoms with Gasteiger partial charge < -0.3 is 8.92 Å². The zero-order valence-electron chi connectivity index (χ0n) is 14.0. The maximum Gasteiger partial charge on any atom is 0.383 e. The summed E-state index contributed by atoms with van der Waals surface area (Å²) in [5.74, 6) is 1.90. The molecule has 0 aliphatic carbocycles. The smallest absolute Gasteiger partial charge is 0.383 e. The van der Waals surface area contributed by atoms with Crippen LogP contribution in [0.25, 0.3) is 11.1 Å². The van der Waals surface area contributed by atoms with Crippen molar-refractivity contribution in [3.63, 3.8) is 0 Å². The van der Waals surface area contributed by atoms with Gasteiger partial charge in [0.1, 0.15) is 17.2 Å². The number of ether oxygens (including phenoxy) is 1. The lowest BCUT2D eigenvalue weighted by Gasteiger charge is -2.24. The molecule has 5 nitrogen and oxygen atoms in total. The van der Waals surface area contributed by atoms with Gasteiger partial charge >= 0.3 is 10.3 Å². The van der Waals surface area contributed by atoms with Crippen molar-refractivity contribution in [3.8, 4) is 28.4 Å². The minimum Gasteiger partial charge on any atom is -0.457 e. The molecule has 0 aromatic heterocycles. The number of para-hydroxylation sites is 1. The van der Waals surface area contributed by atoms with Crippen LogP contribution in [0, 0.1) is 0 Å². The monoisotopic (exact) mass is 367 g/mol. The van der Waals surface area contributed by atoms with E-state index in [1.165, 1.54) is 0 Å². The fourth-order valence-electron chi connectivity index (χ4n) is 2.90. The second kappa shape index (κ2) is 6.48. The molecule has 1 atom stereocenters. The van der Waals surface area contributed by atoms with E-state index < -0.39 is 10.3 Å². The summed E-state index contributed by atoms with van der Waals surface area (Å²) in [6, 6.07) is 22.5. The van der Waals surface area contributed by atoms with Gasteiger partial charge in [0.05, 0.1) is 6.04 Å². The molecule has 132 valence electrons. The minimum atomic E-state index is -3.72. The van der Waals surface area contributed by atoms with Crippen molar-refractivity contribution in [3.05, 3.63) is 78.4 Å². The van der Waals surface area contributed by atoms with Crippen LogP contribution in [0.3, 0.4) is 0 Å². The van der Waals surface area contributed by atoms with Crippen molar-refractivity contribution in [2.24, 2.45) is 0 Å².